The van der Waals surface area contributed by atoms with Gasteiger partial charge in [-0.3, -0.25) is 9.59 Å². The Balaban J connectivity index is 3.25. The van der Waals surface area contributed by atoms with Gasteiger partial charge >= 0.3 is 5.97 Å². The SMILES string of the molecule is Cc1cc(C(C)(C)C)ccc1C(=O)C(C)(C)C(=O)O. The molecule has 1 aromatic rings. The van der Waals surface area contributed by atoms with E-state index < -0.39 is 11.4 Å². The Morgan fingerprint density at radius 2 is 1.58 bits per heavy atom. The minimum atomic E-state index is -1.39. The van der Waals surface area contributed by atoms with Gasteiger partial charge in [0.2, 0.25) is 0 Å². The van der Waals surface area contributed by atoms with E-state index in [1.807, 2.05) is 19.1 Å². The molecule has 0 aliphatic rings. The van der Waals surface area contributed by atoms with Crippen molar-refractivity contribution in [1.29, 1.82) is 0 Å². The van der Waals surface area contributed by atoms with Crippen LogP contribution in [0, 0.1) is 12.3 Å². The maximum absolute atomic E-state index is 12.3. The lowest BCUT2D eigenvalue weighted by molar-refractivity contribution is -0.144. The molecule has 0 amide bonds. The molecule has 104 valence electrons. The van der Waals surface area contributed by atoms with Gasteiger partial charge in [0.05, 0.1) is 0 Å². The standard InChI is InChI=1S/C16H22O3/c1-10-9-11(15(2,3)4)7-8-12(10)13(17)16(5,6)14(18)19/h7-9H,1-6H3,(H,18,19). The highest BCUT2D eigenvalue weighted by molar-refractivity contribution is 6.12. The predicted octanol–water partition coefficient (Wildman–Crippen LogP) is 3.59. The second-order valence-electron chi connectivity index (χ2n) is 6.54. The number of hydrogen-bond acceptors (Lipinski definition) is 2. The minimum Gasteiger partial charge on any atom is -0.481 e. The summed E-state index contributed by atoms with van der Waals surface area (Å²) in [6.45, 7) is 11.0. The first-order valence-electron chi connectivity index (χ1n) is 6.37. The molecule has 19 heavy (non-hydrogen) atoms. The molecular formula is C16H22O3. The van der Waals surface area contributed by atoms with Gasteiger partial charge < -0.3 is 5.11 Å². The number of carbonyl (C=O) groups is 2. The van der Waals surface area contributed by atoms with Crippen LogP contribution in [0.25, 0.3) is 0 Å². The van der Waals surface area contributed by atoms with E-state index in [2.05, 4.69) is 20.8 Å². The largest absolute Gasteiger partial charge is 0.481 e. The molecule has 0 saturated heterocycles. The average Bonchev–Trinajstić information content (AvgIpc) is 2.26. The summed E-state index contributed by atoms with van der Waals surface area (Å²) in [4.78, 5) is 23.5. The van der Waals surface area contributed by atoms with Crippen molar-refractivity contribution < 1.29 is 14.7 Å². The van der Waals surface area contributed by atoms with Crippen molar-refractivity contribution in [1.82, 2.24) is 0 Å². The summed E-state index contributed by atoms with van der Waals surface area (Å²) >= 11 is 0. The van der Waals surface area contributed by atoms with E-state index in [1.165, 1.54) is 13.8 Å². The number of benzene rings is 1. The number of aryl methyl sites for hydroxylation is 1. The summed E-state index contributed by atoms with van der Waals surface area (Å²) in [5, 5.41) is 9.13. The van der Waals surface area contributed by atoms with Crippen molar-refractivity contribution in [2.75, 3.05) is 0 Å². The van der Waals surface area contributed by atoms with Crippen LogP contribution in [0.5, 0.6) is 0 Å². The van der Waals surface area contributed by atoms with E-state index in [1.54, 1.807) is 6.07 Å². The maximum atomic E-state index is 12.3. The highest BCUT2D eigenvalue weighted by Gasteiger charge is 2.37. The Morgan fingerprint density at radius 3 is 1.95 bits per heavy atom. The normalized spacial score (nSPS) is 12.3. The molecule has 3 nitrogen and oxygen atoms in total. The number of ketones is 1. The van der Waals surface area contributed by atoms with Gasteiger partial charge in [-0.15, -0.1) is 0 Å². The Hall–Kier alpha value is -1.64. The van der Waals surface area contributed by atoms with Crippen LogP contribution in [0.4, 0.5) is 0 Å². The number of hydrogen-bond donors (Lipinski definition) is 1. The highest BCUT2D eigenvalue weighted by atomic mass is 16.4. The molecule has 0 heterocycles. The molecule has 0 radical (unpaired) electrons. The van der Waals surface area contributed by atoms with Gasteiger partial charge in [0.25, 0.3) is 0 Å². The summed E-state index contributed by atoms with van der Waals surface area (Å²) in [7, 11) is 0. The van der Waals surface area contributed by atoms with Gasteiger partial charge in [-0.2, -0.15) is 0 Å². The number of Topliss-reactive ketones (excluding diaryl/α,β-unsaturated/α-hetero) is 1. The van der Waals surface area contributed by atoms with Crippen LogP contribution in [-0.4, -0.2) is 16.9 Å². The van der Waals surface area contributed by atoms with E-state index in [0.717, 1.165) is 11.1 Å². The molecule has 0 aromatic heterocycles. The molecule has 0 aliphatic heterocycles. The van der Waals surface area contributed by atoms with Crippen molar-refractivity contribution in [3.05, 3.63) is 34.9 Å². The Kier molecular flexibility index (Phi) is 3.89. The molecule has 1 aromatic carbocycles. The van der Waals surface area contributed by atoms with Gasteiger partial charge in [-0.05, 0) is 37.3 Å². The van der Waals surface area contributed by atoms with E-state index in [0.29, 0.717) is 5.56 Å². The fraction of sp³-hybridized carbons (Fsp3) is 0.500. The Labute approximate surface area is 114 Å². The third kappa shape index (κ3) is 3.03. The number of aliphatic carboxylic acids is 1. The fourth-order valence-electron chi connectivity index (χ4n) is 1.82. The van der Waals surface area contributed by atoms with E-state index >= 15 is 0 Å². The van der Waals surface area contributed by atoms with Crippen molar-refractivity contribution >= 4 is 11.8 Å². The summed E-state index contributed by atoms with van der Waals surface area (Å²) in [5.74, 6) is -1.45. The fourth-order valence-corrected chi connectivity index (χ4v) is 1.82. The average molecular weight is 262 g/mol. The molecular weight excluding hydrogens is 240 g/mol. The minimum absolute atomic E-state index is 0.00858. The van der Waals surface area contributed by atoms with Crippen LogP contribution in [0.3, 0.4) is 0 Å². The third-order valence-electron chi connectivity index (χ3n) is 3.44. The molecule has 0 saturated carbocycles. The van der Waals surface area contributed by atoms with Crippen molar-refractivity contribution in [2.45, 2.75) is 47.0 Å². The van der Waals surface area contributed by atoms with Gasteiger partial charge in [-0.1, -0.05) is 39.0 Å². The van der Waals surface area contributed by atoms with Crippen LogP contribution >= 0.6 is 0 Å². The van der Waals surface area contributed by atoms with Gasteiger partial charge in [0.1, 0.15) is 5.41 Å². The number of carboxylic acid groups (broad SMARTS) is 1. The Bertz CT molecular complexity index is 519. The highest BCUT2D eigenvalue weighted by Crippen LogP contribution is 2.28. The number of rotatable bonds is 3. The summed E-state index contributed by atoms with van der Waals surface area (Å²) in [5.41, 5.74) is 1.06. The van der Waals surface area contributed by atoms with Crippen LogP contribution in [-0.2, 0) is 10.2 Å². The number of carboxylic acids is 1. The van der Waals surface area contributed by atoms with Crippen LogP contribution in [0.15, 0.2) is 18.2 Å². The van der Waals surface area contributed by atoms with E-state index in [-0.39, 0.29) is 11.2 Å². The molecule has 1 rings (SSSR count). The molecule has 0 bridgehead atoms. The summed E-state index contributed by atoms with van der Waals surface area (Å²) in [6, 6.07) is 5.60. The first-order chi connectivity index (χ1) is 8.48. The zero-order valence-electron chi connectivity index (χ0n) is 12.5. The number of carbonyl (C=O) groups excluding carboxylic acids is 1. The first kappa shape index (κ1) is 15.4. The molecule has 0 spiro atoms. The second-order valence-corrected chi connectivity index (χ2v) is 6.54. The van der Waals surface area contributed by atoms with Gasteiger partial charge in [0, 0.05) is 5.56 Å². The Morgan fingerprint density at radius 1 is 1.05 bits per heavy atom. The zero-order valence-corrected chi connectivity index (χ0v) is 12.5. The lowest BCUT2D eigenvalue weighted by atomic mass is 9.80. The quantitative estimate of drug-likeness (QED) is 0.669. The maximum Gasteiger partial charge on any atom is 0.316 e. The van der Waals surface area contributed by atoms with Crippen LogP contribution in [0.2, 0.25) is 0 Å². The molecule has 0 fully saturated rings. The van der Waals surface area contributed by atoms with Gasteiger partial charge in [0.15, 0.2) is 5.78 Å². The molecule has 0 unspecified atom stereocenters. The zero-order chi connectivity index (χ0) is 15.0. The lowest BCUT2D eigenvalue weighted by Crippen LogP contribution is -2.33. The van der Waals surface area contributed by atoms with Gasteiger partial charge in [-0.25, -0.2) is 0 Å². The van der Waals surface area contributed by atoms with Crippen LogP contribution in [0.1, 0.15) is 56.1 Å². The molecule has 1 N–H and O–H groups in total. The third-order valence-corrected chi connectivity index (χ3v) is 3.44. The molecule has 3 heteroatoms. The summed E-state index contributed by atoms with van der Waals surface area (Å²) < 4.78 is 0. The van der Waals surface area contributed by atoms with Crippen LogP contribution < -0.4 is 0 Å². The topological polar surface area (TPSA) is 54.4 Å². The van der Waals surface area contributed by atoms with E-state index in [4.69, 9.17) is 5.11 Å². The smallest absolute Gasteiger partial charge is 0.316 e. The van der Waals surface area contributed by atoms with Crippen molar-refractivity contribution in [3.8, 4) is 0 Å². The van der Waals surface area contributed by atoms with E-state index in [9.17, 15) is 9.59 Å². The predicted molar refractivity (Wildman–Crippen MR) is 75.6 cm³/mol. The lowest BCUT2D eigenvalue weighted by Gasteiger charge is -2.22. The molecule has 0 aliphatic carbocycles. The second kappa shape index (κ2) is 4.80. The molecule has 0 atom stereocenters. The van der Waals surface area contributed by atoms with Crippen molar-refractivity contribution in [2.24, 2.45) is 5.41 Å². The summed E-state index contributed by atoms with van der Waals surface area (Å²) in [6.07, 6.45) is 0. The van der Waals surface area contributed by atoms with Crippen molar-refractivity contribution in [3.63, 3.8) is 0 Å². The monoisotopic (exact) mass is 262 g/mol. The first-order valence-corrected chi connectivity index (χ1v) is 6.37.